The minimum Gasteiger partial charge on any atom is -0.496 e. The van der Waals surface area contributed by atoms with Gasteiger partial charge >= 0.3 is 5.97 Å². The molecule has 0 saturated carbocycles. The Morgan fingerprint density at radius 2 is 1.88 bits per heavy atom. The van der Waals surface area contributed by atoms with Crippen LogP contribution in [0.25, 0.3) is 0 Å². The summed E-state index contributed by atoms with van der Waals surface area (Å²) in [5, 5.41) is 9.27. The Kier molecular flexibility index (Phi) is 4.12. The molecule has 4 heteroatoms. The molecule has 17 heavy (non-hydrogen) atoms. The predicted molar refractivity (Wildman–Crippen MR) is 66.5 cm³/mol. The summed E-state index contributed by atoms with van der Waals surface area (Å²) < 4.78 is 5.22. The molecule has 0 spiro atoms. The molecule has 0 aromatic heterocycles. The van der Waals surface area contributed by atoms with Gasteiger partial charge in [0.05, 0.1) is 7.11 Å². The number of rotatable bonds is 4. The summed E-state index contributed by atoms with van der Waals surface area (Å²) in [6.45, 7) is 3.86. The van der Waals surface area contributed by atoms with Gasteiger partial charge in [-0.15, -0.1) is 0 Å². The van der Waals surface area contributed by atoms with Gasteiger partial charge < -0.3 is 9.84 Å². The lowest BCUT2D eigenvalue weighted by atomic mass is 9.96. The molecular weight excluding hydrogens is 218 g/mol. The highest BCUT2D eigenvalue weighted by Gasteiger charge is 2.24. The van der Waals surface area contributed by atoms with Crippen LogP contribution in [0.2, 0.25) is 0 Å². The first-order valence-corrected chi connectivity index (χ1v) is 5.43. The number of nitrogens with zero attached hydrogens (tertiary/aromatic N) is 1. The lowest BCUT2D eigenvalue weighted by Crippen LogP contribution is -2.28. The number of carboxylic acid groups (broad SMARTS) is 1. The maximum atomic E-state index is 11.3. The van der Waals surface area contributed by atoms with Crippen molar-refractivity contribution in [3.8, 4) is 5.75 Å². The van der Waals surface area contributed by atoms with Crippen molar-refractivity contribution in [2.24, 2.45) is 0 Å². The monoisotopic (exact) mass is 237 g/mol. The van der Waals surface area contributed by atoms with Crippen LogP contribution in [-0.4, -0.2) is 37.2 Å². The lowest BCUT2D eigenvalue weighted by molar-refractivity contribution is -0.142. The van der Waals surface area contributed by atoms with E-state index in [1.165, 1.54) is 0 Å². The predicted octanol–water partition coefficient (Wildman–Crippen LogP) is 2.00. The number of likely N-dealkylation sites (N-methyl/N-ethyl adjacent to an activating group) is 1. The molecule has 1 rings (SSSR count). The number of hydrogen-bond acceptors (Lipinski definition) is 3. The largest absolute Gasteiger partial charge is 0.496 e. The number of methoxy groups -OCH3 is 1. The van der Waals surface area contributed by atoms with Crippen molar-refractivity contribution in [3.63, 3.8) is 0 Å². The van der Waals surface area contributed by atoms with E-state index in [9.17, 15) is 9.90 Å². The van der Waals surface area contributed by atoms with Gasteiger partial charge in [-0.05, 0) is 50.7 Å². The van der Waals surface area contributed by atoms with Crippen molar-refractivity contribution in [1.29, 1.82) is 0 Å². The fourth-order valence-electron chi connectivity index (χ4n) is 1.97. The number of aliphatic carboxylic acids is 1. The molecule has 0 saturated heterocycles. The molecule has 0 aliphatic carbocycles. The first kappa shape index (κ1) is 13.5. The van der Waals surface area contributed by atoms with E-state index in [-0.39, 0.29) is 0 Å². The Labute approximate surface area is 102 Å². The highest BCUT2D eigenvalue weighted by Crippen LogP contribution is 2.29. The normalized spacial score (nSPS) is 12.6. The van der Waals surface area contributed by atoms with Crippen molar-refractivity contribution >= 4 is 5.97 Å². The molecule has 1 unspecified atom stereocenters. The summed E-state index contributed by atoms with van der Waals surface area (Å²) >= 11 is 0. The van der Waals surface area contributed by atoms with Gasteiger partial charge in [0, 0.05) is 0 Å². The molecule has 0 bridgehead atoms. The zero-order chi connectivity index (χ0) is 13.2. The topological polar surface area (TPSA) is 49.8 Å². The maximum absolute atomic E-state index is 11.3. The Bertz CT molecular complexity index is 427. The summed E-state index contributed by atoms with van der Waals surface area (Å²) in [4.78, 5) is 13.0. The molecule has 1 aromatic carbocycles. The smallest absolute Gasteiger partial charge is 0.325 e. The molecule has 0 aliphatic heterocycles. The summed E-state index contributed by atoms with van der Waals surface area (Å²) in [6.07, 6.45) is 0. The van der Waals surface area contributed by atoms with Crippen LogP contribution in [0, 0.1) is 13.8 Å². The van der Waals surface area contributed by atoms with Crippen LogP contribution < -0.4 is 4.74 Å². The van der Waals surface area contributed by atoms with E-state index in [1.54, 1.807) is 26.1 Å². The molecular formula is C13H19NO3. The SMILES string of the molecule is COc1ccc(C(C(=O)O)N(C)C)c(C)c1C. The van der Waals surface area contributed by atoms with Gasteiger partial charge in [0.2, 0.25) is 0 Å². The Morgan fingerprint density at radius 1 is 1.29 bits per heavy atom. The van der Waals surface area contributed by atoms with Crippen molar-refractivity contribution < 1.29 is 14.6 Å². The highest BCUT2D eigenvalue weighted by atomic mass is 16.5. The summed E-state index contributed by atoms with van der Waals surface area (Å²) in [6, 6.07) is 3.01. The third kappa shape index (κ3) is 2.58. The molecule has 1 atom stereocenters. The molecule has 0 amide bonds. The van der Waals surface area contributed by atoms with Crippen LogP contribution in [0.4, 0.5) is 0 Å². The van der Waals surface area contributed by atoms with E-state index in [2.05, 4.69) is 0 Å². The van der Waals surface area contributed by atoms with E-state index in [0.717, 1.165) is 22.4 Å². The first-order valence-electron chi connectivity index (χ1n) is 5.43. The Balaban J connectivity index is 3.31. The molecule has 0 aliphatic rings. The molecule has 0 fully saturated rings. The standard InChI is InChI=1S/C13H19NO3/c1-8-9(2)11(17-5)7-6-10(8)12(13(15)16)14(3)4/h6-7,12H,1-5H3,(H,15,16). The highest BCUT2D eigenvalue weighted by molar-refractivity contribution is 5.76. The zero-order valence-electron chi connectivity index (χ0n) is 10.9. The van der Waals surface area contributed by atoms with Crippen LogP contribution in [0.3, 0.4) is 0 Å². The van der Waals surface area contributed by atoms with Gasteiger partial charge in [0.15, 0.2) is 0 Å². The van der Waals surface area contributed by atoms with E-state index >= 15 is 0 Å². The van der Waals surface area contributed by atoms with Crippen LogP contribution in [0.5, 0.6) is 5.75 Å². The average molecular weight is 237 g/mol. The summed E-state index contributed by atoms with van der Waals surface area (Å²) in [5.41, 5.74) is 2.75. The molecule has 1 N–H and O–H groups in total. The minimum atomic E-state index is -0.845. The number of hydrogen-bond donors (Lipinski definition) is 1. The Hall–Kier alpha value is -1.55. The number of ether oxygens (including phenoxy) is 1. The van der Waals surface area contributed by atoms with Crippen molar-refractivity contribution in [2.45, 2.75) is 19.9 Å². The van der Waals surface area contributed by atoms with Gasteiger partial charge in [-0.25, -0.2) is 0 Å². The summed E-state index contributed by atoms with van der Waals surface area (Å²) in [7, 11) is 5.14. The van der Waals surface area contributed by atoms with Crippen LogP contribution >= 0.6 is 0 Å². The third-order valence-electron chi connectivity index (χ3n) is 3.04. The van der Waals surface area contributed by atoms with Crippen LogP contribution in [-0.2, 0) is 4.79 Å². The zero-order valence-corrected chi connectivity index (χ0v) is 10.9. The fraction of sp³-hybridized carbons (Fsp3) is 0.462. The molecule has 1 aromatic rings. The Morgan fingerprint density at radius 3 is 2.29 bits per heavy atom. The van der Waals surface area contributed by atoms with Gasteiger partial charge in [-0.3, -0.25) is 9.69 Å². The van der Waals surface area contributed by atoms with Crippen LogP contribution in [0.1, 0.15) is 22.7 Å². The maximum Gasteiger partial charge on any atom is 0.325 e. The third-order valence-corrected chi connectivity index (χ3v) is 3.04. The molecule has 0 radical (unpaired) electrons. The van der Waals surface area contributed by atoms with E-state index in [0.29, 0.717) is 0 Å². The van der Waals surface area contributed by atoms with Gasteiger partial charge in [0.25, 0.3) is 0 Å². The van der Waals surface area contributed by atoms with Gasteiger partial charge in [-0.2, -0.15) is 0 Å². The number of carboxylic acids is 1. The molecule has 4 nitrogen and oxygen atoms in total. The van der Waals surface area contributed by atoms with Crippen molar-refractivity contribution in [3.05, 3.63) is 28.8 Å². The van der Waals surface area contributed by atoms with E-state index in [4.69, 9.17) is 4.74 Å². The molecule has 0 heterocycles. The number of carbonyl (C=O) groups is 1. The first-order chi connectivity index (χ1) is 7.90. The number of benzene rings is 1. The summed E-state index contributed by atoms with van der Waals surface area (Å²) in [5.74, 6) is -0.0585. The van der Waals surface area contributed by atoms with Crippen LogP contribution in [0.15, 0.2) is 12.1 Å². The second kappa shape index (κ2) is 5.19. The second-order valence-corrected chi connectivity index (χ2v) is 4.31. The minimum absolute atomic E-state index is 0.625. The van der Waals surface area contributed by atoms with Gasteiger partial charge in [-0.1, -0.05) is 6.07 Å². The van der Waals surface area contributed by atoms with E-state index in [1.807, 2.05) is 26.0 Å². The van der Waals surface area contributed by atoms with Crippen molar-refractivity contribution in [2.75, 3.05) is 21.2 Å². The van der Waals surface area contributed by atoms with Gasteiger partial charge in [0.1, 0.15) is 11.8 Å². The molecule has 94 valence electrons. The average Bonchev–Trinajstić information content (AvgIpc) is 2.24. The quantitative estimate of drug-likeness (QED) is 0.870. The lowest BCUT2D eigenvalue weighted by Gasteiger charge is -2.23. The second-order valence-electron chi connectivity index (χ2n) is 4.31. The van der Waals surface area contributed by atoms with Crippen molar-refractivity contribution in [1.82, 2.24) is 4.90 Å². The fourth-order valence-corrected chi connectivity index (χ4v) is 1.97. The van der Waals surface area contributed by atoms with E-state index < -0.39 is 12.0 Å².